The molecule has 5 nitrogen and oxygen atoms in total. The third-order valence-electron chi connectivity index (χ3n) is 6.14. The number of esters is 1. The highest BCUT2D eigenvalue weighted by Gasteiger charge is 2.34. The first-order valence-corrected chi connectivity index (χ1v) is 11.9. The Morgan fingerprint density at radius 2 is 1.85 bits per heavy atom. The Morgan fingerprint density at radius 3 is 2.55 bits per heavy atom. The van der Waals surface area contributed by atoms with Crippen molar-refractivity contribution in [3.8, 4) is 5.75 Å². The maximum Gasteiger partial charge on any atom is 0.314 e. The van der Waals surface area contributed by atoms with Crippen LogP contribution in [0.15, 0.2) is 60.7 Å². The number of benzene rings is 2. The second-order valence-electron chi connectivity index (χ2n) is 8.52. The fourth-order valence-electron chi connectivity index (χ4n) is 4.36. The molecule has 0 unspecified atom stereocenters. The van der Waals surface area contributed by atoms with Crippen LogP contribution in [0.4, 0.5) is 0 Å². The lowest BCUT2D eigenvalue weighted by atomic mass is 9.85. The number of methoxy groups -OCH3 is 1. The molecule has 2 aromatic rings. The van der Waals surface area contributed by atoms with Crippen LogP contribution in [-0.4, -0.2) is 31.6 Å². The summed E-state index contributed by atoms with van der Waals surface area (Å²) >= 11 is 0. The van der Waals surface area contributed by atoms with Gasteiger partial charge in [-0.1, -0.05) is 56.2 Å². The number of hydrogen-bond donors (Lipinski definition) is 1. The van der Waals surface area contributed by atoms with E-state index in [1.807, 2.05) is 67.6 Å². The molecule has 0 bridgehead atoms. The van der Waals surface area contributed by atoms with E-state index in [9.17, 15) is 9.59 Å². The Balaban J connectivity index is 1.64. The monoisotopic (exact) mass is 449 g/mol. The molecule has 1 amide bonds. The molecule has 0 radical (unpaired) electrons. The molecule has 0 saturated heterocycles. The van der Waals surface area contributed by atoms with Gasteiger partial charge < -0.3 is 14.8 Å². The molecule has 176 valence electrons. The van der Waals surface area contributed by atoms with Gasteiger partial charge in [0.05, 0.1) is 19.6 Å². The summed E-state index contributed by atoms with van der Waals surface area (Å²) in [5, 5.41) is 3.09. The molecular weight excluding hydrogens is 414 g/mol. The van der Waals surface area contributed by atoms with Gasteiger partial charge in [-0.2, -0.15) is 0 Å². The highest BCUT2D eigenvalue weighted by Crippen LogP contribution is 2.35. The maximum atomic E-state index is 12.8. The molecule has 1 N–H and O–H groups in total. The minimum absolute atomic E-state index is 0.0672. The zero-order valence-electron chi connectivity index (χ0n) is 19.9. The molecule has 0 saturated carbocycles. The lowest BCUT2D eigenvalue weighted by molar-refractivity contribution is -0.146. The van der Waals surface area contributed by atoms with Crippen LogP contribution in [0, 0.1) is 5.92 Å². The van der Waals surface area contributed by atoms with E-state index in [1.165, 1.54) is 24.8 Å². The van der Waals surface area contributed by atoms with Crippen molar-refractivity contribution < 1.29 is 19.1 Å². The minimum Gasteiger partial charge on any atom is -0.497 e. The fraction of sp³-hybridized carbons (Fsp3) is 0.429. The van der Waals surface area contributed by atoms with Gasteiger partial charge in [-0.25, -0.2) is 0 Å². The van der Waals surface area contributed by atoms with Crippen LogP contribution in [-0.2, 0) is 16.0 Å². The highest BCUT2D eigenvalue weighted by molar-refractivity contribution is 5.94. The Kier molecular flexibility index (Phi) is 9.11. The standard InChI is InChI=1S/C28H35NO4/c1-4-6-7-9-20-12-14-21(15-13-20)27(30)29-24-17-16-23(18-24)26(28(31)33-5-2)22-10-8-11-25(19-22)32-3/h8,10-17,19,23-24,26H,4-7,9,18H2,1-3H3,(H,29,30)/t23-,24-,26-/m1/s1. The maximum absolute atomic E-state index is 12.8. The van der Waals surface area contributed by atoms with Gasteiger partial charge in [-0.05, 0) is 67.5 Å². The summed E-state index contributed by atoms with van der Waals surface area (Å²) in [6, 6.07) is 15.3. The lowest BCUT2D eigenvalue weighted by Gasteiger charge is -2.23. The summed E-state index contributed by atoms with van der Waals surface area (Å²) in [6.07, 6.45) is 9.27. The number of aryl methyl sites for hydroxylation is 1. The van der Waals surface area contributed by atoms with Crippen molar-refractivity contribution >= 4 is 11.9 Å². The van der Waals surface area contributed by atoms with Crippen molar-refractivity contribution in [2.45, 2.75) is 57.9 Å². The molecule has 33 heavy (non-hydrogen) atoms. The second-order valence-corrected chi connectivity index (χ2v) is 8.52. The molecule has 0 aromatic heterocycles. The molecule has 0 heterocycles. The van der Waals surface area contributed by atoms with E-state index in [-0.39, 0.29) is 23.8 Å². The summed E-state index contributed by atoms with van der Waals surface area (Å²) in [5.41, 5.74) is 2.77. The van der Waals surface area contributed by atoms with E-state index >= 15 is 0 Å². The van der Waals surface area contributed by atoms with Gasteiger partial charge in [0.15, 0.2) is 0 Å². The van der Waals surface area contributed by atoms with E-state index < -0.39 is 5.92 Å². The second kappa shape index (κ2) is 12.2. The zero-order chi connectivity index (χ0) is 23.6. The number of hydrogen-bond acceptors (Lipinski definition) is 4. The molecule has 5 heteroatoms. The van der Waals surface area contributed by atoms with E-state index in [2.05, 4.69) is 12.2 Å². The number of carbonyl (C=O) groups excluding carboxylic acids is 2. The van der Waals surface area contributed by atoms with Gasteiger partial charge in [0.2, 0.25) is 0 Å². The van der Waals surface area contributed by atoms with Crippen molar-refractivity contribution in [1.82, 2.24) is 5.32 Å². The van der Waals surface area contributed by atoms with E-state index in [4.69, 9.17) is 9.47 Å². The first kappa shape index (κ1) is 24.6. The molecule has 3 atom stereocenters. The molecule has 1 aliphatic rings. The van der Waals surface area contributed by atoms with E-state index in [0.29, 0.717) is 24.3 Å². The van der Waals surface area contributed by atoms with Gasteiger partial charge in [-0.15, -0.1) is 0 Å². The molecular formula is C28H35NO4. The van der Waals surface area contributed by atoms with Crippen LogP contribution in [0.2, 0.25) is 0 Å². The van der Waals surface area contributed by atoms with Crippen LogP contribution in [0.25, 0.3) is 0 Å². The van der Waals surface area contributed by atoms with Crippen LogP contribution in [0.5, 0.6) is 5.75 Å². The van der Waals surface area contributed by atoms with Gasteiger partial charge in [0, 0.05) is 11.6 Å². The minimum atomic E-state index is -0.444. The molecule has 0 fully saturated rings. The number of unbranched alkanes of at least 4 members (excludes halogenated alkanes) is 2. The Labute approximate surface area is 197 Å². The van der Waals surface area contributed by atoms with Crippen LogP contribution in [0.3, 0.4) is 0 Å². The van der Waals surface area contributed by atoms with Gasteiger partial charge in [0.25, 0.3) is 5.91 Å². The average Bonchev–Trinajstić information content (AvgIpc) is 3.28. The molecule has 3 rings (SSSR count). The SMILES string of the molecule is CCCCCc1ccc(C(=O)N[C@@H]2C=C[C@@H]([C@H](C(=O)OCC)c3cccc(OC)c3)C2)cc1. The number of allylic oxidation sites excluding steroid dienone is 1. The Hall–Kier alpha value is -3.08. The van der Waals surface area contributed by atoms with Crippen LogP contribution >= 0.6 is 0 Å². The average molecular weight is 450 g/mol. The normalized spacial score (nSPS) is 18.0. The zero-order valence-corrected chi connectivity index (χ0v) is 19.9. The number of amides is 1. The number of nitrogens with one attached hydrogen (secondary N) is 1. The Morgan fingerprint density at radius 1 is 1.06 bits per heavy atom. The third kappa shape index (κ3) is 6.70. The first-order chi connectivity index (χ1) is 16.0. The summed E-state index contributed by atoms with van der Waals surface area (Å²) in [7, 11) is 1.61. The summed E-state index contributed by atoms with van der Waals surface area (Å²) < 4.78 is 10.7. The van der Waals surface area contributed by atoms with E-state index in [0.717, 1.165) is 12.0 Å². The van der Waals surface area contributed by atoms with Crippen molar-refractivity contribution in [2.75, 3.05) is 13.7 Å². The van der Waals surface area contributed by atoms with Gasteiger partial charge in [0.1, 0.15) is 5.75 Å². The smallest absolute Gasteiger partial charge is 0.314 e. The van der Waals surface area contributed by atoms with Gasteiger partial charge >= 0.3 is 5.97 Å². The lowest BCUT2D eigenvalue weighted by Crippen LogP contribution is -2.33. The van der Waals surface area contributed by atoms with Crippen LogP contribution < -0.4 is 10.1 Å². The fourth-order valence-corrected chi connectivity index (χ4v) is 4.36. The summed E-state index contributed by atoms with van der Waals surface area (Å²) in [4.78, 5) is 25.6. The molecule has 0 aliphatic heterocycles. The van der Waals surface area contributed by atoms with Crippen molar-refractivity contribution in [1.29, 1.82) is 0 Å². The van der Waals surface area contributed by atoms with E-state index in [1.54, 1.807) is 7.11 Å². The topological polar surface area (TPSA) is 64.6 Å². The highest BCUT2D eigenvalue weighted by atomic mass is 16.5. The quantitative estimate of drug-likeness (QED) is 0.281. The first-order valence-electron chi connectivity index (χ1n) is 11.9. The predicted molar refractivity (Wildman–Crippen MR) is 131 cm³/mol. The third-order valence-corrected chi connectivity index (χ3v) is 6.14. The van der Waals surface area contributed by atoms with Crippen molar-refractivity contribution in [3.05, 3.63) is 77.4 Å². The Bertz CT molecular complexity index is 951. The van der Waals surface area contributed by atoms with Crippen molar-refractivity contribution in [3.63, 3.8) is 0 Å². The molecule has 2 aromatic carbocycles. The van der Waals surface area contributed by atoms with Crippen LogP contribution in [0.1, 0.15) is 66.9 Å². The largest absolute Gasteiger partial charge is 0.497 e. The number of rotatable bonds is 11. The molecule has 0 spiro atoms. The predicted octanol–water partition coefficient (Wildman–Crippen LogP) is 5.45. The van der Waals surface area contributed by atoms with Crippen molar-refractivity contribution in [2.24, 2.45) is 5.92 Å². The summed E-state index contributed by atoms with van der Waals surface area (Å²) in [6.45, 7) is 4.33. The molecule has 1 aliphatic carbocycles. The van der Waals surface area contributed by atoms with Gasteiger partial charge in [-0.3, -0.25) is 9.59 Å². The summed E-state index contributed by atoms with van der Waals surface area (Å²) in [5.74, 6) is -0.166. The number of carbonyl (C=O) groups is 2. The number of ether oxygens (including phenoxy) is 2.